The second-order valence-corrected chi connectivity index (χ2v) is 12.5. The van der Waals surface area contributed by atoms with E-state index in [-0.39, 0.29) is 12.1 Å². The summed E-state index contributed by atoms with van der Waals surface area (Å²) in [5, 5.41) is 3.10. The van der Waals surface area contributed by atoms with E-state index in [4.69, 9.17) is 4.74 Å². The molecule has 1 unspecified atom stereocenters. The number of rotatable bonds is 11. The number of nitrogens with one attached hydrogen (secondary N) is 2. The zero-order valence-corrected chi connectivity index (χ0v) is 25.4. The number of para-hydroxylation sites is 2. The number of hydrogen-bond acceptors (Lipinski definition) is 5. The van der Waals surface area contributed by atoms with Gasteiger partial charge in [-0.25, -0.2) is 13.2 Å². The van der Waals surface area contributed by atoms with E-state index in [0.717, 1.165) is 55.5 Å². The minimum atomic E-state index is -3.33. The van der Waals surface area contributed by atoms with Gasteiger partial charge >= 0.3 is 6.03 Å². The molecule has 0 saturated carbocycles. The number of amides is 2. The van der Waals surface area contributed by atoms with Crippen LogP contribution in [0.25, 0.3) is 0 Å². The molecule has 9 heteroatoms. The maximum atomic E-state index is 13.5. The first kappa shape index (κ1) is 30.0. The van der Waals surface area contributed by atoms with E-state index in [1.54, 1.807) is 24.3 Å². The first-order chi connectivity index (χ1) is 20.8. The van der Waals surface area contributed by atoms with Gasteiger partial charge in [0.2, 0.25) is 10.0 Å². The van der Waals surface area contributed by atoms with E-state index in [2.05, 4.69) is 58.3 Å². The van der Waals surface area contributed by atoms with Crippen LogP contribution in [-0.4, -0.2) is 38.7 Å². The van der Waals surface area contributed by atoms with Crippen molar-refractivity contribution in [3.63, 3.8) is 0 Å². The molecule has 8 nitrogen and oxygen atoms in total. The molecule has 4 aromatic carbocycles. The maximum absolute atomic E-state index is 13.5. The third-order valence-corrected chi connectivity index (χ3v) is 8.02. The van der Waals surface area contributed by atoms with Crippen molar-refractivity contribution in [3.05, 3.63) is 114 Å². The van der Waals surface area contributed by atoms with E-state index >= 15 is 0 Å². The summed E-state index contributed by atoms with van der Waals surface area (Å²) in [5.41, 5.74) is 4.75. The van der Waals surface area contributed by atoms with Gasteiger partial charge in [0, 0.05) is 36.7 Å². The molecule has 0 spiro atoms. The van der Waals surface area contributed by atoms with E-state index in [1.807, 2.05) is 47.4 Å². The number of hydrogen-bond donors (Lipinski definition) is 2. The van der Waals surface area contributed by atoms with Gasteiger partial charge in [-0.05, 0) is 78.6 Å². The zero-order valence-electron chi connectivity index (χ0n) is 24.6. The highest BCUT2D eigenvalue weighted by Gasteiger charge is 2.32. The fourth-order valence-electron chi connectivity index (χ4n) is 5.37. The van der Waals surface area contributed by atoms with E-state index < -0.39 is 10.0 Å². The monoisotopic (exact) mass is 598 g/mol. The Balaban J connectivity index is 1.27. The van der Waals surface area contributed by atoms with Crippen molar-refractivity contribution in [2.24, 2.45) is 0 Å². The number of fused-ring (bicyclic) bond motifs is 1. The minimum Gasteiger partial charge on any atom is -0.457 e. The standard InChI is InChI=1S/C34H38N4O4S/c1-3-4-23-38(34(39)35-27-10-6-5-7-11-27)33-22-24-37(32-13-9-8-12-31(32)33)25-26-14-18-29(19-15-26)42-30-20-16-28(17-21-30)36-43(2,40)41/h5-21,33,36H,3-4,22-25H2,1-2H3,(H,35,39). The number of benzene rings is 4. The summed E-state index contributed by atoms with van der Waals surface area (Å²) in [6.07, 6.45) is 3.92. The second-order valence-electron chi connectivity index (χ2n) is 10.8. The number of carbonyl (C=O) groups is 1. The highest BCUT2D eigenvalue weighted by atomic mass is 32.2. The molecule has 1 aliphatic rings. The number of unbranched alkanes of at least 4 members (excludes halogenated alkanes) is 1. The van der Waals surface area contributed by atoms with Crippen LogP contribution in [0.5, 0.6) is 11.5 Å². The molecular formula is C34H38N4O4S. The van der Waals surface area contributed by atoms with Gasteiger partial charge in [-0.3, -0.25) is 4.72 Å². The lowest BCUT2D eigenvalue weighted by Crippen LogP contribution is -2.43. The van der Waals surface area contributed by atoms with Crippen molar-refractivity contribution in [3.8, 4) is 11.5 Å². The second kappa shape index (κ2) is 13.6. The summed E-state index contributed by atoms with van der Waals surface area (Å²) >= 11 is 0. The number of ether oxygens (including phenoxy) is 1. The smallest absolute Gasteiger partial charge is 0.322 e. The molecule has 5 rings (SSSR count). The number of sulfonamides is 1. The van der Waals surface area contributed by atoms with Crippen molar-refractivity contribution >= 4 is 33.1 Å². The first-order valence-electron chi connectivity index (χ1n) is 14.6. The average molecular weight is 599 g/mol. The van der Waals surface area contributed by atoms with Crippen LogP contribution in [0.2, 0.25) is 0 Å². The van der Waals surface area contributed by atoms with Crippen LogP contribution in [0, 0.1) is 0 Å². The van der Waals surface area contributed by atoms with Gasteiger partial charge in [-0.1, -0.05) is 61.9 Å². The quantitative estimate of drug-likeness (QED) is 0.185. The van der Waals surface area contributed by atoms with Gasteiger partial charge in [0.05, 0.1) is 12.3 Å². The normalized spacial score (nSPS) is 14.5. The molecule has 0 saturated heterocycles. The van der Waals surface area contributed by atoms with Gasteiger partial charge in [0.25, 0.3) is 0 Å². The van der Waals surface area contributed by atoms with E-state index in [1.165, 1.54) is 5.56 Å². The molecule has 224 valence electrons. The molecule has 1 atom stereocenters. The van der Waals surface area contributed by atoms with Crippen LogP contribution >= 0.6 is 0 Å². The molecule has 4 aromatic rings. The zero-order chi connectivity index (χ0) is 30.2. The Bertz CT molecular complexity index is 1610. The summed E-state index contributed by atoms with van der Waals surface area (Å²) in [6, 6.07) is 32.8. The summed E-state index contributed by atoms with van der Waals surface area (Å²) in [5.74, 6) is 1.31. The van der Waals surface area contributed by atoms with Crippen LogP contribution in [0.15, 0.2) is 103 Å². The van der Waals surface area contributed by atoms with Gasteiger partial charge in [-0.15, -0.1) is 0 Å². The lowest BCUT2D eigenvalue weighted by Gasteiger charge is -2.41. The Hall–Kier alpha value is -4.50. The van der Waals surface area contributed by atoms with Crippen LogP contribution in [-0.2, 0) is 16.6 Å². The lowest BCUT2D eigenvalue weighted by molar-refractivity contribution is 0.181. The Morgan fingerprint density at radius 2 is 1.53 bits per heavy atom. The van der Waals surface area contributed by atoms with Gasteiger partial charge < -0.3 is 19.9 Å². The summed E-state index contributed by atoms with van der Waals surface area (Å²) in [7, 11) is -3.33. The van der Waals surface area contributed by atoms with Crippen molar-refractivity contribution < 1.29 is 17.9 Å². The Morgan fingerprint density at radius 3 is 2.21 bits per heavy atom. The van der Waals surface area contributed by atoms with Crippen molar-refractivity contribution in [1.82, 2.24) is 4.90 Å². The van der Waals surface area contributed by atoms with Crippen LogP contribution < -0.4 is 19.7 Å². The van der Waals surface area contributed by atoms with Crippen LogP contribution in [0.3, 0.4) is 0 Å². The number of anilines is 3. The fraction of sp³-hybridized carbons (Fsp3) is 0.265. The highest BCUT2D eigenvalue weighted by molar-refractivity contribution is 7.92. The SMILES string of the molecule is CCCCN(C(=O)Nc1ccccc1)C1CCN(Cc2ccc(Oc3ccc(NS(C)(=O)=O)cc3)cc2)c2ccccc21. The molecule has 1 aliphatic heterocycles. The third kappa shape index (κ3) is 8.08. The first-order valence-corrected chi connectivity index (χ1v) is 16.5. The minimum absolute atomic E-state index is 0.00230. The molecule has 2 amide bonds. The Labute approximate surface area is 254 Å². The molecule has 0 aliphatic carbocycles. The third-order valence-electron chi connectivity index (χ3n) is 7.41. The van der Waals surface area contributed by atoms with Crippen molar-refractivity contribution in [2.75, 3.05) is 34.3 Å². The van der Waals surface area contributed by atoms with E-state index in [0.29, 0.717) is 23.7 Å². The summed E-state index contributed by atoms with van der Waals surface area (Å²) in [4.78, 5) is 17.9. The Kier molecular flexibility index (Phi) is 9.51. The average Bonchev–Trinajstić information content (AvgIpc) is 3.00. The highest BCUT2D eigenvalue weighted by Crippen LogP contribution is 2.38. The lowest BCUT2D eigenvalue weighted by atomic mass is 9.94. The molecule has 0 aromatic heterocycles. The van der Waals surface area contributed by atoms with Crippen LogP contribution in [0.4, 0.5) is 21.9 Å². The van der Waals surface area contributed by atoms with Crippen LogP contribution in [0.1, 0.15) is 43.4 Å². The molecule has 1 heterocycles. The number of urea groups is 1. The van der Waals surface area contributed by atoms with Gasteiger partial charge in [-0.2, -0.15) is 0 Å². The molecule has 2 N–H and O–H groups in total. The van der Waals surface area contributed by atoms with Crippen molar-refractivity contribution in [2.45, 2.75) is 38.8 Å². The largest absolute Gasteiger partial charge is 0.457 e. The molecule has 0 bridgehead atoms. The van der Waals surface area contributed by atoms with Gasteiger partial charge in [0.1, 0.15) is 11.5 Å². The topological polar surface area (TPSA) is 91.0 Å². The molecule has 0 radical (unpaired) electrons. The summed E-state index contributed by atoms with van der Waals surface area (Å²) < 4.78 is 31.3. The molecule has 0 fully saturated rings. The molecular weight excluding hydrogens is 560 g/mol. The van der Waals surface area contributed by atoms with E-state index in [9.17, 15) is 13.2 Å². The predicted molar refractivity (Wildman–Crippen MR) is 173 cm³/mol. The fourth-order valence-corrected chi connectivity index (χ4v) is 5.93. The number of nitrogens with zero attached hydrogens (tertiary/aromatic N) is 2. The van der Waals surface area contributed by atoms with Crippen molar-refractivity contribution in [1.29, 1.82) is 0 Å². The molecule has 43 heavy (non-hydrogen) atoms. The maximum Gasteiger partial charge on any atom is 0.322 e. The summed E-state index contributed by atoms with van der Waals surface area (Å²) in [6.45, 7) is 4.41. The predicted octanol–water partition coefficient (Wildman–Crippen LogP) is 7.64. The Morgan fingerprint density at radius 1 is 0.884 bits per heavy atom. The number of carbonyl (C=O) groups excluding carboxylic acids is 1. The van der Waals surface area contributed by atoms with Gasteiger partial charge in [0.15, 0.2) is 0 Å².